The summed E-state index contributed by atoms with van der Waals surface area (Å²) in [5.74, 6) is 0.966. The van der Waals surface area contributed by atoms with E-state index in [9.17, 15) is 0 Å². The number of rotatable bonds is 3. The van der Waals surface area contributed by atoms with Gasteiger partial charge in [0.05, 0.1) is 6.61 Å². The summed E-state index contributed by atoms with van der Waals surface area (Å²) in [6.45, 7) is 9.02. The molecule has 0 heterocycles. The molecule has 0 N–H and O–H groups in total. The molecule has 0 saturated carbocycles. The maximum Gasteiger partial charge on any atom is 0.119 e. The predicted octanol–water partition coefficient (Wildman–Crippen LogP) is 4.96. The normalized spacial score (nSPS) is 9.65. The summed E-state index contributed by atoms with van der Waals surface area (Å²) in [5, 5.41) is 2.52. The first-order valence-electron chi connectivity index (χ1n) is 6.43. The van der Waals surface area contributed by atoms with Crippen molar-refractivity contribution in [2.75, 3.05) is 6.61 Å². The highest BCUT2D eigenvalue weighted by Gasteiger charge is 1.97. The van der Waals surface area contributed by atoms with Gasteiger partial charge < -0.3 is 4.74 Å². The molecule has 0 aliphatic rings. The van der Waals surface area contributed by atoms with Crippen LogP contribution in [0, 0.1) is 6.92 Å². The summed E-state index contributed by atoms with van der Waals surface area (Å²) in [6.07, 6.45) is 1.05. The summed E-state index contributed by atoms with van der Waals surface area (Å²) in [6, 6.07) is 12.7. The highest BCUT2D eigenvalue weighted by molar-refractivity contribution is 5.84. The third-order valence-corrected chi connectivity index (χ3v) is 2.44. The number of benzene rings is 2. The number of hydrogen-bond donors (Lipinski definition) is 0. The van der Waals surface area contributed by atoms with E-state index in [1.807, 2.05) is 19.9 Å². The molecule has 0 spiro atoms. The first kappa shape index (κ1) is 13.6. The van der Waals surface area contributed by atoms with Crippen LogP contribution in [0.2, 0.25) is 0 Å². The topological polar surface area (TPSA) is 9.23 Å². The lowest BCUT2D eigenvalue weighted by molar-refractivity contribution is 0.318. The molecular formula is C16H22O. The molecule has 1 heteroatoms. The Kier molecular flexibility index (Phi) is 5.55. The molecule has 0 aromatic heterocycles. The average Bonchev–Trinajstić information content (AvgIpc) is 2.38. The van der Waals surface area contributed by atoms with Crippen LogP contribution in [0.5, 0.6) is 5.75 Å². The molecule has 0 saturated heterocycles. The third kappa shape index (κ3) is 3.77. The van der Waals surface area contributed by atoms with Crippen LogP contribution < -0.4 is 4.74 Å². The monoisotopic (exact) mass is 230 g/mol. The van der Waals surface area contributed by atoms with Crippen LogP contribution in [0.4, 0.5) is 0 Å². The van der Waals surface area contributed by atoms with Gasteiger partial charge >= 0.3 is 0 Å². The van der Waals surface area contributed by atoms with Crippen molar-refractivity contribution in [3.63, 3.8) is 0 Å². The molecule has 0 radical (unpaired) electrons. The third-order valence-electron chi connectivity index (χ3n) is 2.44. The molecule has 0 atom stereocenters. The zero-order valence-electron chi connectivity index (χ0n) is 11.3. The van der Waals surface area contributed by atoms with Gasteiger partial charge in [0.25, 0.3) is 0 Å². The second-order valence-electron chi connectivity index (χ2n) is 3.86. The number of ether oxygens (including phenoxy) is 1. The van der Waals surface area contributed by atoms with E-state index >= 15 is 0 Å². The van der Waals surface area contributed by atoms with Gasteiger partial charge in [-0.15, -0.1) is 0 Å². The SMILES string of the molecule is CC.CCCOc1ccc2cc(C)ccc2c1. The van der Waals surface area contributed by atoms with E-state index in [0.29, 0.717) is 0 Å². The molecule has 2 rings (SSSR count). The van der Waals surface area contributed by atoms with Crippen molar-refractivity contribution in [1.29, 1.82) is 0 Å². The van der Waals surface area contributed by atoms with Gasteiger partial charge in [-0.1, -0.05) is 50.6 Å². The zero-order valence-corrected chi connectivity index (χ0v) is 11.3. The van der Waals surface area contributed by atoms with Gasteiger partial charge in [-0.05, 0) is 36.2 Å². The molecule has 0 unspecified atom stereocenters. The Balaban J connectivity index is 0.000000686. The van der Waals surface area contributed by atoms with Crippen molar-refractivity contribution in [3.05, 3.63) is 42.0 Å². The predicted molar refractivity (Wildman–Crippen MR) is 75.8 cm³/mol. The minimum absolute atomic E-state index is 0.789. The van der Waals surface area contributed by atoms with Crippen LogP contribution >= 0.6 is 0 Å². The molecule has 2 aromatic rings. The van der Waals surface area contributed by atoms with Gasteiger partial charge in [0.2, 0.25) is 0 Å². The second kappa shape index (κ2) is 6.95. The molecular weight excluding hydrogens is 208 g/mol. The minimum atomic E-state index is 0.789. The summed E-state index contributed by atoms with van der Waals surface area (Å²) in [4.78, 5) is 0. The van der Waals surface area contributed by atoms with Gasteiger partial charge in [-0.25, -0.2) is 0 Å². The Hall–Kier alpha value is -1.50. The Morgan fingerprint density at radius 3 is 2.29 bits per heavy atom. The van der Waals surface area contributed by atoms with Gasteiger partial charge in [0.15, 0.2) is 0 Å². The first-order valence-corrected chi connectivity index (χ1v) is 6.43. The van der Waals surface area contributed by atoms with E-state index < -0.39 is 0 Å². The molecule has 0 fully saturated rings. The molecule has 1 nitrogen and oxygen atoms in total. The van der Waals surface area contributed by atoms with Crippen LogP contribution in [0.15, 0.2) is 36.4 Å². The summed E-state index contributed by atoms with van der Waals surface area (Å²) in [7, 11) is 0. The maximum absolute atomic E-state index is 5.59. The number of aryl methyl sites for hydroxylation is 1. The van der Waals surface area contributed by atoms with E-state index in [0.717, 1.165) is 18.8 Å². The lowest BCUT2D eigenvalue weighted by Gasteiger charge is -2.06. The van der Waals surface area contributed by atoms with Crippen LogP contribution in [0.3, 0.4) is 0 Å². The van der Waals surface area contributed by atoms with Gasteiger partial charge in [0, 0.05) is 0 Å². The van der Waals surface area contributed by atoms with E-state index in [2.05, 4.69) is 44.2 Å². The second-order valence-corrected chi connectivity index (χ2v) is 3.86. The van der Waals surface area contributed by atoms with Crippen LogP contribution in [0.1, 0.15) is 32.8 Å². The fourth-order valence-electron chi connectivity index (χ4n) is 1.65. The summed E-state index contributed by atoms with van der Waals surface area (Å²) >= 11 is 0. The Labute approximate surface area is 104 Å². The maximum atomic E-state index is 5.59. The molecule has 0 aliphatic carbocycles. The van der Waals surface area contributed by atoms with E-state index in [1.54, 1.807) is 0 Å². The minimum Gasteiger partial charge on any atom is -0.494 e. The molecule has 0 amide bonds. The van der Waals surface area contributed by atoms with Crippen molar-refractivity contribution in [2.45, 2.75) is 34.1 Å². The Bertz CT molecular complexity index is 460. The number of hydrogen-bond acceptors (Lipinski definition) is 1. The highest BCUT2D eigenvalue weighted by atomic mass is 16.5. The van der Waals surface area contributed by atoms with Crippen molar-refractivity contribution < 1.29 is 4.74 Å². The van der Waals surface area contributed by atoms with Crippen molar-refractivity contribution in [1.82, 2.24) is 0 Å². The van der Waals surface area contributed by atoms with Gasteiger partial charge in [-0.2, -0.15) is 0 Å². The molecule has 2 aromatic carbocycles. The standard InChI is InChI=1S/C14H16O.C2H6/c1-3-8-15-14-7-6-12-9-11(2)4-5-13(12)10-14;1-2/h4-7,9-10H,3,8H2,1-2H3;1-2H3. The lowest BCUT2D eigenvalue weighted by Crippen LogP contribution is -1.94. The van der Waals surface area contributed by atoms with E-state index in [-0.39, 0.29) is 0 Å². The zero-order chi connectivity index (χ0) is 12.7. The highest BCUT2D eigenvalue weighted by Crippen LogP contribution is 2.21. The largest absolute Gasteiger partial charge is 0.494 e. The average molecular weight is 230 g/mol. The van der Waals surface area contributed by atoms with Crippen molar-refractivity contribution in [3.8, 4) is 5.75 Å². The van der Waals surface area contributed by atoms with E-state index in [1.165, 1.54) is 16.3 Å². The number of fused-ring (bicyclic) bond motifs is 1. The van der Waals surface area contributed by atoms with Crippen LogP contribution in [-0.2, 0) is 0 Å². The van der Waals surface area contributed by atoms with Gasteiger partial charge in [-0.3, -0.25) is 0 Å². The van der Waals surface area contributed by atoms with Gasteiger partial charge in [0.1, 0.15) is 5.75 Å². The van der Waals surface area contributed by atoms with Crippen LogP contribution in [0.25, 0.3) is 10.8 Å². The fourth-order valence-corrected chi connectivity index (χ4v) is 1.65. The summed E-state index contributed by atoms with van der Waals surface area (Å²) in [5.41, 5.74) is 1.30. The summed E-state index contributed by atoms with van der Waals surface area (Å²) < 4.78 is 5.59. The smallest absolute Gasteiger partial charge is 0.119 e. The van der Waals surface area contributed by atoms with E-state index in [4.69, 9.17) is 4.74 Å². The Morgan fingerprint density at radius 2 is 1.59 bits per heavy atom. The van der Waals surface area contributed by atoms with Crippen LogP contribution in [-0.4, -0.2) is 6.61 Å². The Morgan fingerprint density at radius 1 is 0.941 bits per heavy atom. The van der Waals surface area contributed by atoms with Crippen molar-refractivity contribution in [2.24, 2.45) is 0 Å². The quantitative estimate of drug-likeness (QED) is 0.724. The molecule has 92 valence electrons. The lowest BCUT2D eigenvalue weighted by atomic mass is 10.1. The molecule has 0 aliphatic heterocycles. The molecule has 0 bridgehead atoms. The fraction of sp³-hybridized carbons (Fsp3) is 0.375. The first-order chi connectivity index (χ1) is 8.29. The van der Waals surface area contributed by atoms with Crippen molar-refractivity contribution >= 4 is 10.8 Å². The molecule has 17 heavy (non-hydrogen) atoms.